The molecule has 0 atom stereocenters. The van der Waals surface area contributed by atoms with Crippen LogP contribution in [0, 0.1) is 6.92 Å². The van der Waals surface area contributed by atoms with Gasteiger partial charge in [0.2, 0.25) is 5.91 Å². The van der Waals surface area contributed by atoms with Gasteiger partial charge in [0.15, 0.2) is 0 Å². The standard InChI is InChI=1S/C16H16ClN3O2/c1-11-3-2-4-14(19-11)20-15(21)9-10-18-16(22)12-5-7-13(17)8-6-12/h2-8H,9-10H2,1H3,(H,18,22)(H,19,20,21). The van der Waals surface area contributed by atoms with E-state index >= 15 is 0 Å². The number of hydrogen-bond acceptors (Lipinski definition) is 3. The van der Waals surface area contributed by atoms with Crippen LogP contribution >= 0.6 is 11.6 Å². The van der Waals surface area contributed by atoms with Gasteiger partial charge < -0.3 is 10.6 Å². The van der Waals surface area contributed by atoms with Gasteiger partial charge in [-0.05, 0) is 43.3 Å². The van der Waals surface area contributed by atoms with Crippen molar-refractivity contribution < 1.29 is 9.59 Å². The summed E-state index contributed by atoms with van der Waals surface area (Å²) >= 11 is 5.76. The summed E-state index contributed by atoms with van der Waals surface area (Å²) in [6, 6.07) is 11.9. The topological polar surface area (TPSA) is 71.1 Å². The summed E-state index contributed by atoms with van der Waals surface area (Å²) in [5.41, 5.74) is 1.33. The number of pyridine rings is 1. The number of hydrogen-bond donors (Lipinski definition) is 2. The predicted molar refractivity (Wildman–Crippen MR) is 86.0 cm³/mol. The number of anilines is 1. The zero-order valence-corrected chi connectivity index (χ0v) is 12.9. The second kappa shape index (κ2) is 7.56. The highest BCUT2D eigenvalue weighted by molar-refractivity contribution is 6.30. The Morgan fingerprint density at radius 3 is 2.55 bits per heavy atom. The van der Waals surface area contributed by atoms with E-state index in [2.05, 4.69) is 15.6 Å². The first-order valence-corrected chi connectivity index (χ1v) is 7.19. The largest absolute Gasteiger partial charge is 0.352 e. The van der Waals surface area contributed by atoms with Crippen molar-refractivity contribution in [2.24, 2.45) is 0 Å². The number of benzene rings is 1. The Bertz CT molecular complexity index is 671. The van der Waals surface area contributed by atoms with Gasteiger partial charge >= 0.3 is 0 Å². The van der Waals surface area contributed by atoms with Crippen LogP contribution in [0.3, 0.4) is 0 Å². The fourth-order valence-corrected chi connectivity index (χ4v) is 1.94. The molecule has 114 valence electrons. The third kappa shape index (κ3) is 4.86. The molecule has 2 amide bonds. The predicted octanol–water partition coefficient (Wildman–Crippen LogP) is 2.80. The van der Waals surface area contributed by atoms with Crippen molar-refractivity contribution in [1.82, 2.24) is 10.3 Å². The Balaban J connectivity index is 1.77. The first kappa shape index (κ1) is 16.0. The molecule has 1 aromatic carbocycles. The molecule has 22 heavy (non-hydrogen) atoms. The summed E-state index contributed by atoms with van der Waals surface area (Å²) in [4.78, 5) is 27.8. The zero-order chi connectivity index (χ0) is 15.9. The van der Waals surface area contributed by atoms with E-state index in [1.807, 2.05) is 19.1 Å². The minimum Gasteiger partial charge on any atom is -0.352 e. The van der Waals surface area contributed by atoms with E-state index in [-0.39, 0.29) is 24.8 Å². The summed E-state index contributed by atoms with van der Waals surface area (Å²) in [6.45, 7) is 2.10. The normalized spacial score (nSPS) is 10.1. The summed E-state index contributed by atoms with van der Waals surface area (Å²) in [5.74, 6) is 0.0710. The van der Waals surface area contributed by atoms with Crippen LogP contribution in [0.5, 0.6) is 0 Å². The Kier molecular flexibility index (Phi) is 5.49. The van der Waals surface area contributed by atoms with Gasteiger partial charge in [0.05, 0.1) is 0 Å². The summed E-state index contributed by atoms with van der Waals surface area (Å²) in [5, 5.41) is 5.94. The van der Waals surface area contributed by atoms with Crippen molar-refractivity contribution in [2.75, 3.05) is 11.9 Å². The molecule has 0 spiro atoms. The van der Waals surface area contributed by atoms with E-state index in [1.165, 1.54) is 0 Å². The van der Waals surface area contributed by atoms with Crippen molar-refractivity contribution in [3.8, 4) is 0 Å². The van der Waals surface area contributed by atoms with Crippen molar-refractivity contribution in [2.45, 2.75) is 13.3 Å². The van der Waals surface area contributed by atoms with Crippen molar-refractivity contribution in [3.05, 3.63) is 58.7 Å². The number of nitrogens with zero attached hydrogens (tertiary/aromatic N) is 1. The van der Waals surface area contributed by atoms with Gasteiger partial charge in [0.1, 0.15) is 5.82 Å². The number of nitrogens with one attached hydrogen (secondary N) is 2. The molecule has 2 aromatic rings. The number of aromatic nitrogens is 1. The second-order valence-corrected chi connectivity index (χ2v) is 5.16. The molecule has 2 N–H and O–H groups in total. The SMILES string of the molecule is Cc1cccc(NC(=O)CCNC(=O)c2ccc(Cl)cc2)n1. The van der Waals surface area contributed by atoms with Crippen LogP contribution in [-0.2, 0) is 4.79 Å². The molecular weight excluding hydrogens is 302 g/mol. The summed E-state index contributed by atoms with van der Waals surface area (Å²) in [7, 11) is 0. The van der Waals surface area contributed by atoms with E-state index < -0.39 is 0 Å². The lowest BCUT2D eigenvalue weighted by Gasteiger charge is -2.07. The average molecular weight is 318 g/mol. The van der Waals surface area contributed by atoms with Gasteiger partial charge in [-0.25, -0.2) is 4.98 Å². The molecule has 6 heteroatoms. The first-order chi connectivity index (χ1) is 10.5. The molecule has 0 unspecified atom stereocenters. The molecule has 0 aliphatic heterocycles. The van der Waals surface area contributed by atoms with Crippen LogP contribution in [0.2, 0.25) is 5.02 Å². The van der Waals surface area contributed by atoms with Crippen molar-refractivity contribution in [3.63, 3.8) is 0 Å². The number of halogens is 1. The smallest absolute Gasteiger partial charge is 0.251 e. The Hall–Kier alpha value is -2.40. The minimum atomic E-state index is -0.238. The average Bonchev–Trinajstić information content (AvgIpc) is 2.47. The highest BCUT2D eigenvalue weighted by atomic mass is 35.5. The van der Waals surface area contributed by atoms with Gasteiger partial charge in [-0.1, -0.05) is 17.7 Å². The maximum Gasteiger partial charge on any atom is 0.251 e. The van der Waals surface area contributed by atoms with E-state index in [4.69, 9.17) is 11.6 Å². The Morgan fingerprint density at radius 2 is 1.86 bits per heavy atom. The number of rotatable bonds is 5. The van der Waals surface area contributed by atoms with E-state index in [1.54, 1.807) is 30.3 Å². The number of amides is 2. The minimum absolute atomic E-state index is 0.176. The number of carbonyl (C=O) groups is 2. The van der Waals surface area contributed by atoms with Crippen molar-refractivity contribution in [1.29, 1.82) is 0 Å². The molecule has 0 aliphatic carbocycles. The molecule has 1 aromatic heterocycles. The Labute approximate surface area is 133 Å². The molecule has 0 saturated heterocycles. The highest BCUT2D eigenvalue weighted by Crippen LogP contribution is 2.09. The molecule has 2 rings (SSSR count). The van der Waals surface area contributed by atoms with Crippen LogP contribution in [-0.4, -0.2) is 23.3 Å². The maximum absolute atomic E-state index is 11.8. The van der Waals surface area contributed by atoms with Crippen LogP contribution in [0.15, 0.2) is 42.5 Å². The quantitative estimate of drug-likeness (QED) is 0.890. The Morgan fingerprint density at radius 1 is 1.14 bits per heavy atom. The van der Waals surface area contributed by atoms with Gasteiger partial charge in [0.25, 0.3) is 5.91 Å². The van der Waals surface area contributed by atoms with Crippen molar-refractivity contribution >= 4 is 29.2 Å². The molecule has 0 saturated carbocycles. The van der Waals surface area contributed by atoms with Gasteiger partial charge in [-0.15, -0.1) is 0 Å². The molecule has 0 bridgehead atoms. The molecule has 0 radical (unpaired) electrons. The highest BCUT2D eigenvalue weighted by Gasteiger charge is 2.07. The van der Waals surface area contributed by atoms with Crippen LogP contribution in [0.4, 0.5) is 5.82 Å². The monoisotopic (exact) mass is 317 g/mol. The molecule has 1 heterocycles. The van der Waals surface area contributed by atoms with E-state index in [0.29, 0.717) is 16.4 Å². The number of carbonyl (C=O) groups excluding carboxylic acids is 2. The van der Waals surface area contributed by atoms with Crippen LogP contribution in [0.25, 0.3) is 0 Å². The van der Waals surface area contributed by atoms with E-state index in [0.717, 1.165) is 5.69 Å². The lowest BCUT2D eigenvalue weighted by molar-refractivity contribution is -0.116. The lowest BCUT2D eigenvalue weighted by atomic mass is 10.2. The molecule has 5 nitrogen and oxygen atoms in total. The van der Waals surface area contributed by atoms with Gasteiger partial charge in [0, 0.05) is 29.2 Å². The summed E-state index contributed by atoms with van der Waals surface area (Å²) < 4.78 is 0. The zero-order valence-electron chi connectivity index (χ0n) is 12.1. The third-order valence-electron chi connectivity index (χ3n) is 2.90. The fourth-order valence-electron chi connectivity index (χ4n) is 1.81. The first-order valence-electron chi connectivity index (χ1n) is 6.82. The van der Waals surface area contributed by atoms with Gasteiger partial charge in [-0.2, -0.15) is 0 Å². The lowest BCUT2D eigenvalue weighted by Crippen LogP contribution is -2.27. The number of aryl methyl sites for hydroxylation is 1. The fraction of sp³-hybridized carbons (Fsp3) is 0.188. The summed E-state index contributed by atoms with van der Waals surface area (Å²) in [6.07, 6.45) is 0.176. The molecular formula is C16H16ClN3O2. The van der Waals surface area contributed by atoms with Crippen LogP contribution < -0.4 is 10.6 Å². The van der Waals surface area contributed by atoms with Crippen LogP contribution in [0.1, 0.15) is 22.5 Å². The molecule has 0 fully saturated rings. The second-order valence-electron chi connectivity index (χ2n) is 4.73. The maximum atomic E-state index is 11.8. The third-order valence-corrected chi connectivity index (χ3v) is 3.15. The molecule has 0 aliphatic rings. The van der Waals surface area contributed by atoms with E-state index in [9.17, 15) is 9.59 Å². The van der Waals surface area contributed by atoms with Gasteiger partial charge in [-0.3, -0.25) is 9.59 Å².